The molecule has 2 rings (SSSR count). The van der Waals surface area contributed by atoms with Gasteiger partial charge in [0.2, 0.25) is 0 Å². The molecule has 20 heavy (non-hydrogen) atoms. The van der Waals surface area contributed by atoms with Crippen molar-refractivity contribution in [2.24, 2.45) is 11.7 Å². The Bertz CT molecular complexity index is 497. The second kappa shape index (κ2) is 5.83. The number of anilines is 1. The van der Waals surface area contributed by atoms with E-state index in [2.05, 4.69) is 13.8 Å². The predicted octanol–water partition coefficient (Wildman–Crippen LogP) is 2.87. The van der Waals surface area contributed by atoms with Crippen molar-refractivity contribution in [3.8, 4) is 5.75 Å². The summed E-state index contributed by atoms with van der Waals surface area (Å²) >= 11 is 0. The first-order valence-corrected chi connectivity index (χ1v) is 7.24. The van der Waals surface area contributed by atoms with E-state index in [1.165, 1.54) is 0 Å². The fraction of sp³-hybridized carbons (Fsp3) is 0.562. The van der Waals surface area contributed by atoms with E-state index < -0.39 is 0 Å². The van der Waals surface area contributed by atoms with Crippen LogP contribution in [0.1, 0.15) is 45.7 Å². The molecule has 110 valence electrons. The van der Waals surface area contributed by atoms with Crippen LogP contribution in [-0.2, 0) is 4.79 Å². The molecule has 0 fully saturated rings. The maximum absolute atomic E-state index is 12.0. The van der Waals surface area contributed by atoms with Crippen LogP contribution in [0.2, 0.25) is 0 Å². The van der Waals surface area contributed by atoms with E-state index in [0.717, 1.165) is 23.4 Å². The predicted molar refractivity (Wildman–Crippen MR) is 80.9 cm³/mol. The largest absolute Gasteiger partial charge is 0.482 e. The van der Waals surface area contributed by atoms with Gasteiger partial charge in [-0.15, -0.1) is 0 Å². The number of amides is 1. The molecular weight excluding hydrogens is 252 g/mol. The zero-order valence-corrected chi connectivity index (χ0v) is 12.7. The Labute approximate surface area is 120 Å². The smallest absolute Gasteiger partial charge is 0.265 e. The maximum atomic E-state index is 12.0. The highest BCUT2D eigenvalue weighted by Gasteiger charge is 2.28. The lowest BCUT2D eigenvalue weighted by Crippen LogP contribution is -2.43. The molecule has 0 bridgehead atoms. The zero-order valence-electron chi connectivity index (χ0n) is 12.7. The van der Waals surface area contributed by atoms with Gasteiger partial charge in [0.05, 0.1) is 5.69 Å². The van der Waals surface area contributed by atoms with E-state index in [0.29, 0.717) is 5.92 Å². The molecule has 0 radical (unpaired) electrons. The van der Waals surface area contributed by atoms with Crippen LogP contribution in [-0.4, -0.2) is 18.6 Å². The normalized spacial score (nSPS) is 16.4. The number of ether oxygens (including phenoxy) is 1. The first-order chi connectivity index (χ1) is 9.40. The molecule has 2 N–H and O–H groups in total. The molecule has 0 spiro atoms. The average Bonchev–Trinajstić information content (AvgIpc) is 2.36. The van der Waals surface area contributed by atoms with Crippen LogP contribution in [0.5, 0.6) is 5.75 Å². The maximum Gasteiger partial charge on any atom is 0.265 e. The fourth-order valence-corrected chi connectivity index (χ4v) is 2.63. The highest BCUT2D eigenvalue weighted by molar-refractivity contribution is 5.98. The van der Waals surface area contributed by atoms with Crippen LogP contribution in [0, 0.1) is 5.92 Å². The quantitative estimate of drug-likeness (QED) is 0.920. The molecule has 4 heteroatoms. The lowest BCUT2D eigenvalue weighted by atomic mass is 9.97. The Hall–Kier alpha value is -1.55. The summed E-state index contributed by atoms with van der Waals surface area (Å²) in [5.74, 6) is 1.31. The van der Waals surface area contributed by atoms with Crippen molar-refractivity contribution in [3.05, 3.63) is 23.8 Å². The van der Waals surface area contributed by atoms with Crippen LogP contribution < -0.4 is 15.4 Å². The van der Waals surface area contributed by atoms with Crippen LogP contribution >= 0.6 is 0 Å². The molecular formula is C16H24N2O2. The molecule has 1 aliphatic heterocycles. The molecule has 1 aliphatic rings. The van der Waals surface area contributed by atoms with E-state index >= 15 is 0 Å². The molecule has 1 amide bonds. The van der Waals surface area contributed by atoms with Gasteiger partial charge in [-0.25, -0.2) is 0 Å². The van der Waals surface area contributed by atoms with Gasteiger partial charge in [0.1, 0.15) is 5.75 Å². The molecule has 1 heterocycles. The van der Waals surface area contributed by atoms with Crippen molar-refractivity contribution >= 4 is 11.6 Å². The summed E-state index contributed by atoms with van der Waals surface area (Å²) in [6.07, 6.45) is 0.926. The van der Waals surface area contributed by atoms with Gasteiger partial charge in [0.25, 0.3) is 5.91 Å². The van der Waals surface area contributed by atoms with Crippen molar-refractivity contribution in [1.29, 1.82) is 0 Å². The standard InChI is InChI=1S/C16H24N2O2/c1-10(2)7-13(17)12-5-6-15-14(8-12)18(11(3)4)16(19)9-20-15/h5-6,8,10-11,13H,7,9,17H2,1-4H3. The SMILES string of the molecule is CC(C)CC(N)c1ccc2c(c1)N(C(C)C)C(=O)CO2. The molecule has 1 atom stereocenters. The van der Waals surface area contributed by atoms with Crippen molar-refractivity contribution < 1.29 is 9.53 Å². The van der Waals surface area contributed by atoms with E-state index in [-0.39, 0.29) is 24.6 Å². The number of fused-ring (bicyclic) bond motifs is 1. The number of nitrogens with zero attached hydrogens (tertiary/aromatic N) is 1. The van der Waals surface area contributed by atoms with Gasteiger partial charge in [0.15, 0.2) is 6.61 Å². The molecule has 1 aromatic rings. The van der Waals surface area contributed by atoms with E-state index in [9.17, 15) is 4.79 Å². The minimum Gasteiger partial charge on any atom is -0.482 e. The van der Waals surface area contributed by atoms with Crippen LogP contribution in [0.15, 0.2) is 18.2 Å². The number of carbonyl (C=O) groups is 1. The summed E-state index contributed by atoms with van der Waals surface area (Å²) in [4.78, 5) is 13.8. The minimum absolute atomic E-state index is 0.00193. The molecule has 0 aromatic heterocycles. The Balaban J connectivity index is 2.35. The summed E-state index contributed by atoms with van der Waals surface area (Å²) in [5, 5.41) is 0. The van der Waals surface area contributed by atoms with Crippen molar-refractivity contribution in [1.82, 2.24) is 0 Å². The van der Waals surface area contributed by atoms with E-state index in [1.807, 2.05) is 32.0 Å². The van der Waals surface area contributed by atoms with Crippen molar-refractivity contribution in [2.45, 2.75) is 46.2 Å². The Morgan fingerprint density at radius 3 is 2.60 bits per heavy atom. The topological polar surface area (TPSA) is 55.6 Å². The van der Waals surface area contributed by atoms with E-state index in [1.54, 1.807) is 4.90 Å². The van der Waals surface area contributed by atoms with E-state index in [4.69, 9.17) is 10.5 Å². The number of nitrogens with two attached hydrogens (primary N) is 1. The number of carbonyl (C=O) groups excluding carboxylic acids is 1. The zero-order chi connectivity index (χ0) is 14.9. The second-order valence-electron chi connectivity index (χ2n) is 6.11. The van der Waals surface area contributed by atoms with Crippen LogP contribution in [0.3, 0.4) is 0 Å². The van der Waals surface area contributed by atoms with Gasteiger partial charge in [-0.3, -0.25) is 4.79 Å². The number of hydrogen-bond acceptors (Lipinski definition) is 3. The summed E-state index contributed by atoms with van der Waals surface area (Å²) in [6.45, 7) is 8.45. The Kier molecular flexibility index (Phi) is 4.33. The first kappa shape index (κ1) is 14.9. The van der Waals surface area contributed by atoms with Gasteiger partial charge < -0.3 is 15.4 Å². The average molecular weight is 276 g/mol. The molecule has 1 aromatic carbocycles. The summed E-state index contributed by atoms with van der Waals surface area (Å²) in [7, 11) is 0. The molecule has 4 nitrogen and oxygen atoms in total. The highest BCUT2D eigenvalue weighted by Crippen LogP contribution is 2.36. The number of benzene rings is 1. The van der Waals surface area contributed by atoms with Gasteiger partial charge >= 0.3 is 0 Å². The molecule has 0 aliphatic carbocycles. The second-order valence-corrected chi connectivity index (χ2v) is 6.11. The van der Waals surface area contributed by atoms with Crippen molar-refractivity contribution in [3.63, 3.8) is 0 Å². The van der Waals surface area contributed by atoms with Gasteiger partial charge in [-0.05, 0) is 43.9 Å². The van der Waals surface area contributed by atoms with Gasteiger partial charge in [-0.1, -0.05) is 19.9 Å². The molecule has 0 saturated heterocycles. The fourth-order valence-electron chi connectivity index (χ4n) is 2.63. The summed E-state index contributed by atoms with van der Waals surface area (Å²) in [6, 6.07) is 6.03. The lowest BCUT2D eigenvalue weighted by molar-refractivity contribution is -0.121. The lowest BCUT2D eigenvalue weighted by Gasteiger charge is -2.33. The first-order valence-electron chi connectivity index (χ1n) is 7.24. The monoisotopic (exact) mass is 276 g/mol. The highest BCUT2D eigenvalue weighted by atomic mass is 16.5. The van der Waals surface area contributed by atoms with Crippen molar-refractivity contribution in [2.75, 3.05) is 11.5 Å². The summed E-state index contributed by atoms with van der Waals surface area (Å²) in [5.41, 5.74) is 8.14. The summed E-state index contributed by atoms with van der Waals surface area (Å²) < 4.78 is 5.50. The third kappa shape index (κ3) is 2.96. The number of hydrogen-bond donors (Lipinski definition) is 1. The van der Waals surface area contributed by atoms with Gasteiger partial charge in [-0.2, -0.15) is 0 Å². The number of rotatable bonds is 4. The molecule has 1 unspecified atom stereocenters. The van der Waals surface area contributed by atoms with Gasteiger partial charge in [0, 0.05) is 12.1 Å². The third-order valence-electron chi connectivity index (χ3n) is 3.53. The Morgan fingerprint density at radius 2 is 2.00 bits per heavy atom. The molecule has 0 saturated carbocycles. The minimum atomic E-state index is -0.00802. The Morgan fingerprint density at radius 1 is 1.30 bits per heavy atom. The van der Waals surface area contributed by atoms with Crippen LogP contribution in [0.25, 0.3) is 0 Å². The van der Waals surface area contributed by atoms with Crippen LogP contribution in [0.4, 0.5) is 5.69 Å². The third-order valence-corrected chi connectivity index (χ3v) is 3.53.